The van der Waals surface area contributed by atoms with Gasteiger partial charge in [-0.1, -0.05) is 0 Å². The number of rotatable bonds is 6. The van der Waals surface area contributed by atoms with E-state index in [0.717, 1.165) is 0 Å². The molecule has 3 heterocycles. The maximum absolute atomic E-state index is 13.3. The molecule has 0 bridgehead atoms. The zero-order valence-electron chi connectivity index (χ0n) is 18.9. The van der Waals surface area contributed by atoms with Crippen molar-refractivity contribution in [2.75, 3.05) is 12.4 Å². The van der Waals surface area contributed by atoms with E-state index in [9.17, 15) is 14.0 Å². The number of alkyl halides is 1. The molecule has 34 heavy (non-hydrogen) atoms. The summed E-state index contributed by atoms with van der Waals surface area (Å²) >= 11 is 0. The summed E-state index contributed by atoms with van der Waals surface area (Å²) < 4.78 is 14.6. The fraction of sp³-hybridized carbons (Fsp3) is 0.273. The molecular formula is C22H24FN9O2. The van der Waals surface area contributed by atoms with Gasteiger partial charge >= 0.3 is 0 Å². The first kappa shape index (κ1) is 22.8. The standard InChI is InChI=1S/C22H24FN9O2/c1-12(21(33)29-16-10-14(16)23)20-30-17(11-19(24-3)32(20)25-4)28-15-6-5-9-31(22(15)34)18-7-8-26-13(2)27-18/h5-9,11,14,16,24H,4,10H2,1-3H3,(H,28,30)(H,29,33)/b20-12+/t14-,16+/m0/s1. The van der Waals surface area contributed by atoms with Crippen molar-refractivity contribution in [2.45, 2.75) is 32.5 Å². The lowest BCUT2D eigenvalue weighted by molar-refractivity contribution is -0.117. The van der Waals surface area contributed by atoms with E-state index >= 15 is 0 Å². The van der Waals surface area contributed by atoms with Gasteiger partial charge in [0.15, 0.2) is 5.82 Å². The smallest absolute Gasteiger partial charge is 0.279 e. The first-order valence-electron chi connectivity index (χ1n) is 10.5. The Morgan fingerprint density at radius 3 is 2.76 bits per heavy atom. The lowest BCUT2D eigenvalue weighted by Crippen LogP contribution is -2.35. The van der Waals surface area contributed by atoms with Gasteiger partial charge in [0.2, 0.25) is 0 Å². The number of carbonyl (C=O) groups excluding carboxylic acids is 1. The highest BCUT2D eigenvalue weighted by molar-refractivity contribution is 6.06. The molecule has 1 aliphatic heterocycles. The van der Waals surface area contributed by atoms with Crippen molar-refractivity contribution in [3.8, 4) is 5.82 Å². The summed E-state index contributed by atoms with van der Waals surface area (Å²) in [5, 5.41) is 13.9. The third-order valence-corrected chi connectivity index (χ3v) is 5.25. The Morgan fingerprint density at radius 1 is 1.35 bits per heavy atom. The van der Waals surface area contributed by atoms with E-state index in [4.69, 9.17) is 0 Å². The largest absolute Gasteiger partial charge is 0.373 e. The molecule has 3 N–H and O–H groups in total. The number of amides is 1. The van der Waals surface area contributed by atoms with Crippen LogP contribution in [-0.2, 0) is 4.79 Å². The van der Waals surface area contributed by atoms with Crippen molar-refractivity contribution in [2.24, 2.45) is 10.1 Å². The molecule has 2 atom stereocenters. The average Bonchev–Trinajstić information content (AvgIpc) is 3.53. The van der Waals surface area contributed by atoms with Crippen LogP contribution in [0, 0.1) is 6.92 Å². The van der Waals surface area contributed by atoms with Gasteiger partial charge in [-0.3, -0.25) is 14.2 Å². The summed E-state index contributed by atoms with van der Waals surface area (Å²) in [5.41, 5.74) is 0.104. The molecule has 2 aliphatic rings. The number of anilines is 1. The van der Waals surface area contributed by atoms with Gasteiger partial charge in [0.25, 0.3) is 11.5 Å². The van der Waals surface area contributed by atoms with E-state index < -0.39 is 18.1 Å². The number of pyridine rings is 1. The molecular weight excluding hydrogens is 441 g/mol. The van der Waals surface area contributed by atoms with E-state index in [-0.39, 0.29) is 28.5 Å². The van der Waals surface area contributed by atoms with Crippen molar-refractivity contribution >= 4 is 24.1 Å². The number of aryl methyl sites for hydroxylation is 1. The second-order valence-corrected chi connectivity index (χ2v) is 7.69. The number of hydrogen-bond acceptors (Lipinski definition) is 9. The first-order valence-corrected chi connectivity index (χ1v) is 10.5. The third kappa shape index (κ3) is 4.56. The molecule has 2 aromatic heterocycles. The van der Waals surface area contributed by atoms with Gasteiger partial charge in [-0.2, -0.15) is 10.1 Å². The lowest BCUT2D eigenvalue weighted by atomic mass is 10.2. The average molecular weight is 465 g/mol. The van der Waals surface area contributed by atoms with E-state index in [0.29, 0.717) is 23.9 Å². The predicted molar refractivity (Wildman–Crippen MR) is 126 cm³/mol. The number of aromatic nitrogens is 3. The number of halogens is 1. The summed E-state index contributed by atoms with van der Waals surface area (Å²) in [6.45, 7) is 6.85. The fourth-order valence-electron chi connectivity index (χ4n) is 3.30. The van der Waals surface area contributed by atoms with Crippen LogP contribution in [0.25, 0.3) is 5.82 Å². The highest BCUT2D eigenvalue weighted by Crippen LogP contribution is 2.27. The molecule has 176 valence electrons. The number of nitrogens with zero attached hydrogens (tertiary/aromatic N) is 6. The van der Waals surface area contributed by atoms with E-state index in [1.165, 1.54) is 9.58 Å². The van der Waals surface area contributed by atoms with E-state index in [1.54, 1.807) is 57.6 Å². The number of hydrazone groups is 1. The minimum absolute atomic E-state index is 0.181. The molecule has 0 aromatic carbocycles. The molecule has 1 saturated carbocycles. The number of aliphatic imine (C=N–C) groups is 1. The maximum atomic E-state index is 13.3. The Balaban J connectivity index is 1.69. The molecule has 0 unspecified atom stereocenters. The van der Waals surface area contributed by atoms with Crippen LogP contribution in [0.5, 0.6) is 0 Å². The van der Waals surface area contributed by atoms with Gasteiger partial charge in [-0.15, -0.1) is 0 Å². The summed E-state index contributed by atoms with van der Waals surface area (Å²) in [6.07, 6.45) is 4.06. The van der Waals surface area contributed by atoms with Crippen molar-refractivity contribution in [3.63, 3.8) is 0 Å². The summed E-state index contributed by atoms with van der Waals surface area (Å²) in [7, 11) is 1.67. The Morgan fingerprint density at radius 2 is 2.12 bits per heavy atom. The Kier molecular flexibility index (Phi) is 6.21. The van der Waals surface area contributed by atoms with Gasteiger partial charge in [0, 0.05) is 38.7 Å². The first-order chi connectivity index (χ1) is 16.3. The van der Waals surface area contributed by atoms with Gasteiger partial charge in [0.1, 0.15) is 35.2 Å². The Labute approximate surface area is 194 Å². The van der Waals surface area contributed by atoms with E-state index in [2.05, 4.69) is 42.7 Å². The topological polar surface area (TPSA) is 129 Å². The van der Waals surface area contributed by atoms with Crippen molar-refractivity contribution in [1.29, 1.82) is 0 Å². The van der Waals surface area contributed by atoms with Gasteiger partial charge in [-0.05, 0) is 32.0 Å². The minimum Gasteiger partial charge on any atom is -0.373 e. The molecule has 0 spiro atoms. The van der Waals surface area contributed by atoms with Crippen LogP contribution >= 0.6 is 0 Å². The summed E-state index contributed by atoms with van der Waals surface area (Å²) in [4.78, 5) is 38.6. The van der Waals surface area contributed by atoms with Gasteiger partial charge < -0.3 is 16.0 Å². The van der Waals surface area contributed by atoms with Crippen LogP contribution in [0.1, 0.15) is 19.2 Å². The number of hydrogen-bond donors (Lipinski definition) is 3. The summed E-state index contributed by atoms with van der Waals surface area (Å²) in [6, 6.07) is 4.44. The molecule has 1 amide bonds. The van der Waals surface area contributed by atoms with E-state index in [1.807, 2.05) is 0 Å². The third-order valence-electron chi connectivity index (χ3n) is 5.25. The Hall–Kier alpha value is -4.35. The van der Waals surface area contributed by atoms with Crippen LogP contribution in [-0.4, -0.2) is 57.3 Å². The zero-order valence-corrected chi connectivity index (χ0v) is 18.9. The molecule has 11 nitrogen and oxygen atoms in total. The Bertz CT molecular complexity index is 1300. The molecule has 0 saturated heterocycles. The number of nitrogens with one attached hydrogen (secondary N) is 3. The van der Waals surface area contributed by atoms with Crippen molar-refractivity contribution < 1.29 is 9.18 Å². The van der Waals surface area contributed by atoms with Crippen LogP contribution in [0.15, 0.2) is 68.8 Å². The molecule has 12 heteroatoms. The van der Waals surface area contributed by atoms with Gasteiger partial charge in [-0.25, -0.2) is 19.4 Å². The molecule has 2 aromatic rings. The fourth-order valence-corrected chi connectivity index (χ4v) is 3.30. The highest BCUT2D eigenvalue weighted by atomic mass is 19.1. The van der Waals surface area contributed by atoms with Gasteiger partial charge in [0.05, 0.1) is 11.6 Å². The van der Waals surface area contributed by atoms with Crippen LogP contribution < -0.4 is 21.5 Å². The normalized spacial score (nSPS) is 20.6. The van der Waals surface area contributed by atoms with Crippen molar-refractivity contribution in [1.82, 2.24) is 30.2 Å². The molecule has 0 radical (unpaired) electrons. The second kappa shape index (κ2) is 9.25. The minimum atomic E-state index is -1.03. The summed E-state index contributed by atoms with van der Waals surface area (Å²) in [5.74, 6) is 1.43. The zero-order chi connectivity index (χ0) is 24.4. The van der Waals surface area contributed by atoms with Crippen LogP contribution in [0.2, 0.25) is 0 Å². The second-order valence-electron chi connectivity index (χ2n) is 7.69. The predicted octanol–water partition coefficient (Wildman–Crippen LogP) is 1.20. The number of carbonyl (C=O) groups is 1. The highest BCUT2D eigenvalue weighted by Gasteiger charge is 2.39. The van der Waals surface area contributed by atoms with Crippen LogP contribution in [0.3, 0.4) is 0 Å². The van der Waals surface area contributed by atoms with Crippen LogP contribution in [0.4, 0.5) is 10.1 Å². The maximum Gasteiger partial charge on any atom is 0.279 e. The number of amidine groups is 1. The van der Waals surface area contributed by atoms with Crippen molar-refractivity contribution in [3.05, 3.63) is 70.1 Å². The molecule has 4 rings (SSSR count). The SMILES string of the molecule is C=NN1C(NC)=CC(Nc2cccn(-c3ccnc(C)n3)c2=O)=N/C1=C(/C)C(=O)N[C@@H]1C[C@@H]1F. The molecule has 1 aliphatic carbocycles. The molecule has 1 fully saturated rings. The lowest BCUT2D eigenvalue weighted by Gasteiger charge is -2.27. The monoisotopic (exact) mass is 465 g/mol. The quantitative estimate of drug-likeness (QED) is 0.432.